The number of aliphatic hydroxyl groups is 1. The van der Waals surface area contributed by atoms with Gasteiger partial charge in [0.25, 0.3) is 0 Å². The zero-order chi connectivity index (χ0) is 19.9. The van der Waals surface area contributed by atoms with Gasteiger partial charge in [-0.05, 0) is 30.7 Å². The molecular weight excluding hydrogens is 393 g/mol. The van der Waals surface area contributed by atoms with Crippen LogP contribution in [0.15, 0.2) is 29.2 Å². The Labute approximate surface area is 160 Å². The summed E-state index contributed by atoms with van der Waals surface area (Å²) in [5, 5.41) is 29.0. The number of aliphatic hydroxyl groups excluding tert-OH is 1. The molecule has 0 bridgehead atoms. The van der Waals surface area contributed by atoms with Crippen molar-refractivity contribution in [1.82, 2.24) is 0 Å². The molecule has 1 atom stereocenters. The summed E-state index contributed by atoms with van der Waals surface area (Å²) in [6, 6.07) is 8.70. The second-order valence-electron chi connectivity index (χ2n) is 6.11. The number of halogens is 2. The van der Waals surface area contributed by atoms with Crippen LogP contribution in [0, 0.1) is 28.5 Å². The number of rotatable bonds is 2. The Bertz CT molecular complexity index is 1140. The highest BCUT2D eigenvalue weighted by Gasteiger charge is 2.31. The molecule has 6 nitrogen and oxygen atoms in total. The second-order valence-corrected chi connectivity index (χ2v) is 8.48. The number of nitriles is 2. The maximum absolute atomic E-state index is 13.8. The van der Waals surface area contributed by atoms with Gasteiger partial charge in [0, 0.05) is 18.4 Å². The molecule has 0 aromatic heterocycles. The van der Waals surface area contributed by atoms with Gasteiger partial charge in [-0.3, -0.25) is 0 Å². The summed E-state index contributed by atoms with van der Waals surface area (Å²) in [5.74, 6) is -0.655. The fourth-order valence-electron chi connectivity index (χ4n) is 3.18. The monoisotopic (exact) mass is 405 g/mol. The summed E-state index contributed by atoms with van der Waals surface area (Å²) in [7, 11) is -3.64. The van der Waals surface area contributed by atoms with Crippen molar-refractivity contribution < 1.29 is 17.9 Å². The first-order valence-electron chi connectivity index (χ1n) is 7.80. The number of hydrogen-bond donors (Lipinski definition) is 1. The minimum atomic E-state index is -3.64. The molecular formula is C18H13ClFN3O3S. The summed E-state index contributed by atoms with van der Waals surface area (Å²) in [5.41, 5.74) is 0.708. The molecule has 0 amide bonds. The smallest absolute Gasteiger partial charge is 0.177 e. The predicted octanol–water partition coefficient (Wildman–Crippen LogP) is 3.20. The van der Waals surface area contributed by atoms with Crippen LogP contribution in [-0.4, -0.2) is 26.3 Å². The van der Waals surface area contributed by atoms with E-state index in [0.717, 1.165) is 18.4 Å². The highest BCUT2D eigenvalue weighted by molar-refractivity contribution is 7.90. The molecule has 3 rings (SSSR count). The van der Waals surface area contributed by atoms with E-state index in [1.807, 2.05) is 12.1 Å². The van der Waals surface area contributed by atoms with Gasteiger partial charge in [-0.1, -0.05) is 11.6 Å². The lowest BCUT2D eigenvalue weighted by Gasteiger charge is -2.35. The number of anilines is 2. The van der Waals surface area contributed by atoms with E-state index in [2.05, 4.69) is 0 Å². The van der Waals surface area contributed by atoms with Crippen molar-refractivity contribution in [2.45, 2.75) is 17.4 Å². The molecule has 2 aromatic carbocycles. The van der Waals surface area contributed by atoms with Crippen LogP contribution in [0.25, 0.3) is 0 Å². The molecule has 0 aliphatic carbocycles. The molecule has 0 saturated carbocycles. The summed E-state index contributed by atoms with van der Waals surface area (Å²) in [4.78, 5) is 1.40. The molecule has 27 heavy (non-hydrogen) atoms. The lowest BCUT2D eigenvalue weighted by atomic mass is 9.94. The highest BCUT2D eigenvalue weighted by atomic mass is 35.5. The van der Waals surface area contributed by atoms with E-state index in [4.69, 9.17) is 11.6 Å². The SMILES string of the molecule is CS(=O)(=O)c1ccc(N2CCC(O)c3cc(F)cc(C#N)c32)c(C#N)c1Cl. The maximum Gasteiger partial charge on any atom is 0.177 e. The number of sulfone groups is 1. The predicted molar refractivity (Wildman–Crippen MR) is 97.0 cm³/mol. The molecule has 1 N–H and O–H groups in total. The van der Waals surface area contributed by atoms with E-state index < -0.39 is 21.8 Å². The average Bonchev–Trinajstić information content (AvgIpc) is 2.60. The van der Waals surface area contributed by atoms with Crippen LogP contribution in [0.1, 0.15) is 29.2 Å². The van der Waals surface area contributed by atoms with Gasteiger partial charge in [-0.15, -0.1) is 0 Å². The first kappa shape index (κ1) is 19.1. The van der Waals surface area contributed by atoms with Gasteiger partial charge in [-0.2, -0.15) is 10.5 Å². The first-order chi connectivity index (χ1) is 12.7. The Morgan fingerprint density at radius 1 is 1.30 bits per heavy atom. The van der Waals surface area contributed by atoms with E-state index in [1.165, 1.54) is 12.1 Å². The van der Waals surface area contributed by atoms with E-state index in [9.17, 15) is 28.4 Å². The molecule has 138 valence electrons. The van der Waals surface area contributed by atoms with Crippen molar-refractivity contribution >= 4 is 32.8 Å². The van der Waals surface area contributed by atoms with Crippen molar-refractivity contribution in [1.29, 1.82) is 10.5 Å². The molecule has 1 unspecified atom stereocenters. The van der Waals surface area contributed by atoms with Crippen LogP contribution in [0.4, 0.5) is 15.8 Å². The van der Waals surface area contributed by atoms with Crippen LogP contribution in [0.2, 0.25) is 5.02 Å². The quantitative estimate of drug-likeness (QED) is 0.822. The van der Waals surface area contributed by atoms with Gasteiger partial charge in [0.05, 0.1) is 38.5 Å². The lowest BCUT2D eigenvalue weighted by molar-refractivity contribution is 0.165. The summed E-state index contributed by atoms with van der Waals surface area (Å²) in [6.07, 6.45) is 0.255. The second kappa shape index (κ2) is 6.82. The summed E-state index contributed by atoms with van der Waals surface area (Å²) in [6.45, 7) is 0.234. The van der Waals surface area contributed by atoms with Crippen molar-refractivity contribution in [3.63, 3.8) is 0 Å². The largest absolute Gasteiger partial charge is 0.388 e. The van der Waals surface area contributed by atoms with Gasteiger partial charge < -0.3 is 10.0 Å². The fourth-order valence-corrected chi connectivity index (χ4v) is 4.55. The third-order valence-corrected chi connectivity index (χ3v) is 6.01. The molecule has 0 radical (unpaired) electrons. The molecule has 1 aliphatic rings. The number of nitrogens with zero attached hydrogens (tertiary/aromatic N) is 3. The van der Waals surface area contributed by atoms with Crippen LogP contribution in [0.3, 0.4) is 0 Å². The molecule has 0 saturated heterocycles. The Hall–Kier alpha value is -2.65. The Kier molecular flexibility index (Phi) is 4.83. The Balaban J connectivity index is 2.30. The first-order valence-corrected chi connectivity index (χ1v) is 10.1. The van der Waals surface area contributed by atoms with Gasteiger partial charge >= 0.3 is 0 Å². The zero-order valence-electron chi connectivity index (χ0n) is 14.1. The van der Waals surface area contributed by atoms with Crippen LogP contribution < -0.4 is 4.90 Å². The number of benzene rings is 2. The average molecular weight is 406 g/mol. The molecule has 1 heterocycles. The van der Waals surface area contributed by atoms with Crippen LogP contribution in [-0.2, 0) is 9.84 Å². The maximum atomic E-state index is 13.8. The standard InChI is InChI=1S/C18H13ClFN3O3S/c1-27(25,26)16-3-2-14(13(9-22)17(16)19)23-5-4-15(24)12-7-11(20)6-10(8-21)18(12)23/h2-3,6-7,15,24H,4-5H2,1H3. The van der Waals surface area contributed by atoms with Gasteiger partial charge in [0.2, 0.25) is 0 Å². The van der Waals surface area contributed by atoms with E-state index >= 15 is 0 Å². The number of hydrogen-bond acceptors (Lipinski definition) is 6. The normalized spacial score (nSPS) is 16.4. The van der Waals surface area contributed by atoms with Crippen molar-refractivity contribution in [2.24, 2.45) is 0 Å². The zero-order valence-corrected chi connectivity index (χ0v) is 15.6. The summed E-state index contributed by atoms with van der Waals surface area (Å²) >= 11 is 6.17. The van der Waals surface area contributed by atoms with Crippen molar-refractivity contribution in [3.8, 4) is 12.1 Å². The van der Waals surface area contributed by atoms with Crippen LogP contribution >= 0.6 is 11.6 Å². The van der Waals surface area contributed by atoms with Gasteiger partial charge in [-0.25, -0.2) is 12.8 Å². The Morgan fingerprint density at radius 2 is 2.00 bits per heavy atom. The lowest BCUT2D eigenvalue weighted by Crippen LogP contribution is -2.29. The van der Waals surface area contributed by atoms with Gasteiger partial charge in [0.15, 0.2) is 9.84 Å². The van der Waals surface area contributed by atoms with E-state index in [1.54, 1.807) is 4.90 Å². The van der Waals surface area contributed by atoms with E-state index in [-0.39, 0.29) is 50.9 Å². The van der Waals surface area contributed by atoms with Gasteiger partial charge in [0.1, 0.15) is 18.0 Å². The summed E-state index contributed by atoms with van der Waals surface area (Å²) < 4.78 is 37.5. The molecule has 1 aliphatic heterocycles. The van der Waals surface area contributed by atoms with E-state index in [0.29, 0.717) is 0 Å². The third kappa shape index (κ3) is 3.24. The minimum absolute atomic E-state index is 0.00375. The highest BCUT2D eigenvalue weighted by Crippen LogP contribution is 2.43. The molecule has 0 fully saturated rings. The Morgan fingerprint density at radius 3 is 2.59 bits per heavy atom. The third-order valence-electron chi connectivity index (χ3n) is 4.37. The molecule has 2 aromatic rings. The number of fused-ring (bicyclic) bond motifs is 1. The van der Waals surface area contributed by atoms with Crippen molar-refractivity contribution in [3.05, 3.63) is 51.8 Å². The van der Waals surface area contributed by atoms with Crippen LogP contribution in [0.5, 0.6) is 0 Å². The molecule has 0 spiro atoms. The topological polar surface area (TPSA) is 105 Å². The fraction of sp³-hybridized carbons (Fsp3) is 0.222. The minimum Gasteiger partial charge on any atom is -0.388 e. The molecule has 9 heteroatoms. The van der Waals surface area contributed by atoms with Crippen molar-refractivity contribution in [2.75, 3.05) is 17.7 Å².